The van der Waals surface area contributed by atoms with Crippen LogP contribution in [-0.4, -0.2) is 4.57 Å². The van der Waals surface area contributed by atoms with Crippen LogP contribution in [0.25, 0.3) is 22.4 Å². The van der Waals surface area contributed by atoms with Crippen LogP contribution in [0.15, 0.2) is 30.3 Å². The third kappa shape index (κ3) is 2.62. The Morgan fingerprint density at radius 2 is 1.85 bits per heavy atom. The van der Waals surface area contributed by atoms with Crippen LogP contribution in [0.3, 0.4) is 0 Å². The van der Waals surface area contributed by atoms with E-state index < -0.39 is 0 Å². The zero-order chi connectivity index (χ0) is 18.5. The maximum Gasteiger partial charge on any atom is 0.289 e. The fraction of sp³-hybridized carbons (Fsp3) is 0.458. The fourth-order valence-corrected chi connectivity index (χ4v) is 5.51. The number of hydrogen-bond acceptors (Lipinski definition) is 0. The largest absolute Gasteiger partial charge is 0.289 e. The zero-order valence-corrected chi connectivity index (χ0v) is 16.4. The molecule has 0 N–H and O–H groups in total. The van der Waals surface area contributed by atoms with E-state index in [9.17, 15) is 4.39 Å². The SMILES string of the molecule is Cc1cc(F)ccc1-c1n(C)c2ccc(C3CCCCC3)c3c2[n+]1CCC3. The molecule has 0 radical (unpaired) electrons. The van der Waals surface area contributed by atoms with E-state index >= 15 is 0 Å². The van der Waals surface area contributed by atoms with Crippen molar-refractivity contribution in [2.45, 2.75) is 64.3 Å². The molecule has 0 bridgehead atoms. The first kappa shape index (κ1) is 17.0. The molecule has 1 aliphatic carbocycles. The lowest BCUT2D eigenvalue weighted by molar-refractivity contribution is -0.664. The van der Waals surface area contributed by atoms with Crippen LogP contribution in [0.4, 0.5) is 4.39 Å². The van der Waals surface area contributed by atoms with E-state index in [4.69, 9.17) is 0 Å². The van der Waals surface area contributed by atoms with Gasteiger partial charge in [-0.3, -0.25) is 0 Å². The van der Waals surface area contributed by atoms with Crippen molar-refractivity contribution in [3.8, 4) is 11.4 Å². The standard InChI is InChI=1S/C24H28FN2/c1-16-15-18(25)10-11-19(16)24-26(2)22-13-12-20(17-7-4-3-5-8-17)21-9-6-14-27(24)23(21)22/h10-13,15,17H,3-9,14H2,1-2H3/q+1. The van der Waals surface area contributed by atoms with Crippen LogP contribution in [0, 0.1) is 12.7 Å². The van der Waals surface area contributed by atoms with Gasteiger partial charge in [0.15, 0.2) is 11.0 Å². The normalized spacial score (nSPS) is 17.6. The second-order valence-corrected chi connectivity index (χ2v) is 8.43. The van der Waals surface area contributed by atoms with Crippen molar-refractivity contribution in [2.24, 2.45) is 7.05 Å². The number of benzene rings is 2. The first-order valence-corrected chi connectivity index (χ1v) is 10.5. The maximum atomic E-state index is 13.7. The van der Waals surface area contributed by atoms with Crippen molar-refractivity contribution in [1.82, 2.24) is 4.57 Å². The minimum Gasteiger partial charge on any atom is -0.226 e. The Labute approximate surface area is 160 Å². The van der Waals surface area contributed by atoms with E-state index in [-0.39, 0.29) is 5.82 Å². The van der Waals surface area contributed by atoms with Crippen LogP contribution in [-0.2, 0) is 20.0 Å². The van der Waals surface area contributed by atoms with Gasteiger partial charge in [0.05, 0.1) is 19.2 Å². The highest BCUT2D eigenvalue weighted by atomic mass is 19.1. The third-order valence-corrected chi connectivity index (χ3v) is 6.79. The number of aryl methyl sites for hydroxylation is 4. The Hall–Kier alpha value is -2.16. The summed E-state index contributed by atoms with van der Waals surface area (Å²) in [4.78, 5) is 0. The van der Waals surface area contributed by atoms with Gasteiger partial charge in [-0.15, -0.1) is 0 Å². The molecule has 0 saturated heterocycles. The van der Waals surface area contributed by atoms with E-state index in [1.807, 2.05) is 13.0 Å². The van der Waals surface area contributed by atoms with Gasteiger partial charge in [0, 0.05) is 5.56 Å². The molecule has 5 rings (SSSR count). The summed E-state index contributed by atoms with van der Waals surface area (Å²) in [6.45, 7) is 3.06. The molecule has 0 unspecified atom stereocenters. The van der Waals surface area contributed by atoms with Crippen LogP contribution in [0.5, 0.6) is 0 Å². The van der Waals surface area contributed by atoms with E-state index in [1.165, 1.54) is 61.8 Å². The van der Waals surface area contributed by atoms with Crippen molar-refractivity contribution >= 4 is 11.0 Å². The summed E-state index contributed by atoms with van der Waals surface area (Å²) in [5, 5.41) is 0. The molecule has 2 aromatic carbocycles. The number of hydrogen-bond donors (Lipinski definition) is 0. The Morgan fingerprint density at radius 1 is 1.04 bits per heavy atom. The van der Waals surface area contributed by atoms with E-state index in [0.717, 1.165) is 23.6 Å². The summed E-state index contributed by atoms with van der Waals surface area (Å²) < 4.78 is 18.5. The Kier molecular flexibility index (Phi) is 4.07. The van der Waals surface area contributed by atoms with Crippen LogP contribution < -0.4 is 4.57 Å². The summed E-state index contributed by atoms with van der Waals surface area (Å²) in [5.41, 5.74) is 8.05. The molecule has 1 aliphatic heterocycles. The van der Waals surface area contributed by atoms with E-state index in [0.29, 0.717) is 0 Å². The molecule has 0 atom stereocenters. The molecule has 27 heavy (non-hydrogen) atoms. The van der Waals surface area contributed by atoms with Gasteiger partial charge in [0.2, 0.25) is 0 Å². The van der Waals surface area contributed by atoms with Crippen LogP contribution >= 0.6 is 0 Å². The lowest BCUT2D eigenvalue weighted by Crippen LogP contribution is -2.39. The molecular formula is C24H28FN2+. The Balaban J connectivity index is 1.75. The van der Waals surface area contributed by atoms with Crippen molar-refractivity contribution < 1.29 is 8.96 Å². The van der Waals surface area contributed by atoms with Crippen molar-refractivity contribution in [3.05, 3.63) is 52.8 Å². The van der Waals surface area contributed by atoms with E-state index in [2.05, 4.69) is 28.3 Å². The van der Waals surface area contributed by atoms with Crippen molar-refractivity contribution in [1.29, 1.82) is 0 Å². The van der Waals surface area contributed by atoms with Crippen molar-refractivity contribution in [3.63, 3.8) is 0 Å². The number of halogens is 1. The molecular weight excluding hydrogens is 335 g/mol. The highest BCUT2D eigenvalue weighted by Crippen LogP contribution is 2.39. The summed E-state index contributed by atoms with van der Waals surface area (Å²) >= 11 is 0. The smallest absolute Gasteiger partial charge is 0.226 e. The van der Waals surface area contributed by atoms with Gasteiger partial charge in [-0.25, -0.2) is 13.5 Å². The number of imidazole rings is 1. The fourth-order valence-electron chi connectivity index (χ4n) is 5.51. The molecule has 1 aromatic heterocycles. The molecule has 0 spiro atoms. The van der Waals surface area contributed by atoms with Gasteiger partial charge in [0.1, 0.15) is 5.82 Å². The van der Waals surface area contributed by atoms with Gasteiger partial charge >= 0.3 is 0 Å². The molecule has 1 fully saturated rings. The average Bonchev–Trinajstić information content (AvgIpc) is 2.97. The molecule has 2 aliphatic rings. The van der Waals surface area contributed by atoms with Gasteiger partial charge in [-0.1, -0.05) is 25.3 Å². The molecule has 140 valence electrons. The highest BCUT2D eigenvalue weighted by Gasteiger charge is 2.32. The molecule has 3 heteroatoms. The van der Waals surface area contributed by atoms with Gasteiger partial charge in [0.25, 0.3) is 5.82 Å². The van der Waals surface area contributed by atoms with E-state index in [1.54, 1.807) is 23.3 Å². The number of nitrogens with zero attached hydrogens (tertiary/aromatic N) is 2. The first-order chi connectivity index (χ1) is 13.1. The van der Waals surface area contributed by atoms with Gasteiger partial charge in [-0.05, 0) is 73.9 Å². The summed E-state index contributed by atoms with van der Waals surface area (Å²) in [6.07, 6.45) is 9.20. The van der Waals surface area contributed by atoms with Gasteiger partial charge in [-0.2, -0.15) is 0 Å². The predicted molar refractivity (Wildman–Crippen MR) is 107 cm³/mol. The number of rotatable bonds is 2. The minimum atomic E-state index is -0.158. The topological polar surface area (TPSA) is 8.81 Å². The van der Waals surface area contributed by atoms with Gasteiger partial charge < -0.3 is 0 Å². The lowest BCUT2D eigenvalue weighted by atomic mass is 9.80. The number of aromatic nitrogens is 2. The lowest BCUT2D eigenvalue weighted by Gasteiger charge is -2.25. The van der Waals surface area contributed by atoms with Crippen LogP contribution in [0.2, 0.25) is 0 Å². The summed E-state index contributed by atoms with van der Waals surface area (Å²) in [6, 6.07) is 9.91. The molecule has 1 saturated carbocycles. The van der Waals surface area contributed by atoms with Crippen molar-refractivity contribution in [2.75, 3.05) is 0 Å². The molecule has 2 nitrogen and oxygen atoms in total. The molecule has 3 aromatic rings. The average molecular weight is 364 g/mol. The Morgan fingerprint density at radius 3 is 2.63 bits per heavy atom. The minimum absolute atomic E-state index is 0.158. The first-order valence-electron chi connectivity index (χ1n) is 10.5. The second-order valence-electron chi connectivity index (χ2n) is 8.43. The monoisotopic (exact) mass is 363 g/mol. The predicted octanol–water partition coefficient (Wildman–Crippen LogP) is 5.57. The third-order valence-electron chi connectivity index (χ3n) is 6.79. The summed E-state index contributed by atoms with van der Waals surface area (Å²) in [5.74, 6) is 1.79. The maximum absolute atomic E-state index is 13.7. The molecule has 2 heterocycles. The highest BCUT2D eigenvalue weighted by molar-refractivity contribution is 5.81. The second kappa shape index (κ2) is 6.47. The van der Waals surface area contributed by atoms with Crippen LogP contribution in [0.1, 0.15) is 61.1 Å². The summed E-state index contributed by atoms with van der Waals surface area (Å²) in [7, 11) is 2.16. The molecule has 0 amide bonds. The Bertz CT molecular complexity index is 1020. The zero-order valence-electron chi connectivity index (χ0n) is 16.4. The quantitative estimate of drug-likeness (QED) is 0.526.